The van der Waals surface area contributed by atoms with Gasteiger partial charge in [0.2, 0.25) is 0 Å². The second-order valence-corrected chi connectivity index (χ2v) is 6.84. The highest BCUT2D eigenvalue weighted by Crippen LogP contribution is 2.19. The van der Waals surface area contributed by atoms with Crippen LogP contribution in [0.2, 0.25) is 0 Å². The molecule has 0 saturated heterocycles. The number of aromatic nitrogens is 2. The molecule has 0 radical (unpaired) electrons. The van der Waals surface area contributed by atoms with Gasteiger partial charge in [-0.25, -0.2) is 4.68 Å². The normalized spacial score (nSPS) is 11.3. The van der Waals surface area contributed by atoms with Gasteiger partial charge in [-0.05, 0) is 68.1 Å². The highest BCUT2D eigenvalue weighted by atomic mass is 79.9. The zero-order valence-electron chi connectivity index (χ0n) is 13.1. The molecule has 0 fully saturated rings. The summed E-state index contributed by atoms with van der Waals surface area (Å²) >= 11 is 3.50. The Kier molecular flexibility index (Phi) is 6.00. The van der Waals surface area contributed by atoms with Crippen molar-refractivity contribution in [1.82, 2.24) is 15.1 Å². The van der Waals surface area contributed by atoms with Crippen LogP contribution in [0, 0.1) is 12.8 Å². The summed E-state index contributed by atoms with van der Waals surface area (Å²) in [5.41, 5.74) is 3.66. The first-order valence-electron chi connectivity index (χ1n) is 7.57. The predicted molar refractivity (Wildman–Crippen MR) is 92.0 cm³/mol. The minimum Gasteiger partial charge on any atom is -0.316 e. The first kappa shape index (κ1) is 16.2. The molecule has 21 heavy (non-hydrogen) atoms. The van der Waals surface area contributed by atoms with Crippen LogP contribution in [0.3, 0.4) is 0 Å². The lowest BCUT2D eigenvalue weighted by Gasteiger charge is -2.06. The Bertz CT molecular complexity index is 575. The molecule has 1 aromatic carbocycles. The second-order valence-electron chi connectivity index (χ2n) is 5.93. The summed E-state index contributed by atoms with van der Waals surface area (Å²) in [5, 5.41) is 7.96. The number of nitrogens with zero attached hydrogens (tertiary/aromatic N) is 2. The molecule has 0 unspecified atom stereocenters. The van der Waals surface area contributed by atoms with Gasteiger partial charge < -0.3 is 5.32 Å². The molecule has 0 atom stereocenters. The Hall–Kier alpha value is -1.13. The van der Waals surface area contributed by atoms with E-state index in [1.165, 1.54) is 11.1 Å². The van der Waals surface area contributed by atoms with Gasteiger partial charge in [-0.1, -0.05) is 29.8 Å². The van der Waals surface area contributed by atoms with E-state index in [1.807, 2.05) is 10.9 Å². The third-order valence-electron chi connectivity index (χ3n) is 3.41. The Morgan fingerprint density at radius 2 is 2.14 bits per heavy atom. The van der Waals surface area contributed by atoms with Gasteiger partial charge in [-0.3, -0.25) is 0 Å². The minimum atomic E-state index is 0.716. The topological polar surface area (TPSA) is 29.9 Å². The van der Waals surface area contributed by atoms with E-state index in [2.05, 4.69) is 71.5 Å². The maximum absolute atomic E-state index is 4.49. The summed E-state index contributed by atoms with van der Waals surface area (Å²) in [6.45, 7) is 8.74. The van der Waals surface area contributed by atoms with Crippen molar-refractivity contribution in [3.05, 3.63) is 46.2 Å². The van der Waals surface area contributed by atoms with Crippen LogP contribution in [0.5, 0.6) is 0 Å². The molecule has 0 aliphatic heterocycles. The SMILES string of the molecule is Cc1cc(Br)ccc1-n1cc(CCCNCC(C)C)cn1. The molecular weight excluding hydrogens is 326 g/mol. The molecule has 2 rings (SSSR count). The van der Waals surface area contributed by atoms with Crippen molar-refractivity contribution in [1.29, 1.82) is 0 Å². The third kappa shape index (κ3) is 4.97. The largest absolute Gasteiger partial charge is 0.316 e. The Morgan fingerprint density at radius 3 is 2.86 bits per heavy atom. The highest BCUT2D eigenvalue weighted by Gasteiger charge is 2.04. The quantitative estimate of drug-likeness (QED) is 0.762. The number of hydrogen-bond acceptors (Lipinski definition) is 2. The van der Waals surface area contributed by atoms with E-state index in [-0.39, 0.29) is 0 Å². The molecule has 0 aliphatic rings. The summed E-state index contributed by atoms with van der Waals surface area (Å²) < 4.78 is 3.07. The van der Waals surface area contributed by atoms with Crippen LogP contribution < -0.4 is 5.32 Å². The Balaban J connectivity index is 1.89. The van der Waals surface area contributed by atoms with Gasteiger partial charge in [0.15, 0.2) is 0 Å². The molecule has 4 heteroatoms. The summed E-state index contributed by atoms with van der Waals surface area (Å²) in [4.78, 5) is 0. The molecule has 114 valence electrons. The van der Waals surface area contributed by atoms with Crippen molar-refractivity contribution in [2.75, 3.05) is 13.1 Å². The van der Waals surface area contributed by atoms with Gasteiger partial charge in [0.25, 0.3) is 0 Å². The molecule has 0 spiro atoms. The van der Waals surface area contributed by atoms with Crippen LogP contribution in [0.4, 0.5) is 0 Å². The smallest absolute Gasteiger partial charge is 0.0675 e. The van der Waals surface area contributed by atoms with Crippen molar-refractivity contribution in [2.24, 2.45) is 5.92 Å². The number of nitrogens with one attached hydrogen (secondary N) is 1. The van der Waals surface area contributed by atoms with Gasteiger partial charge >= 0.3 is 0 Å². The van der Waals surface area contributed by atoms with Gasteiger partial charge in [0, 0.05) is 10.7 Å². The van der Waals surface area contributed by atoms with Crippen molar-refractivity contribution in [3.8, 4) is 5.69 Å². The predicted octanol–water partition coefficient (Wildman–Crippen LogP) is 4.12. The van der Waals surface area contributed by atoms with E-state index in [0.717, 1.165) is 36.1 Å². The molecule has 3 nitrogen and oxygen atoms in total. The maximum Gasteiger partial charge on any atom is 0.0675 e. The number of benzene rings is 1. The van der Waals surface area contributed by atoms with E-state index in [1.54, 1.807) is 0 Å². The lowest BCUT2D eigenvalue weighted by Crippen LogP contribution is -2.20. The van der Waals surface area contributed by atoms with Gasteiger partial charge in [-0.2, -0.15) is 5.10 Å². The lowest BCUT2D eigenvalue weighted by atomic mass is 10.2. The van der Waals surface area contributed by atoms with Gasteiger partial charge in [0.05, 0.1) is 11.9 Å². The fraction of sp³-hybridized carbons (Fsp3) is 0.471. The second kappa shape index (κ2) is 7.76. The fourth-order valence-corrected chi connectivity index (χ4v) is 2.78. The zero-order valence-corrected chi connectivity index (χ0v) is 14.7. The maximum atomic E-state index is 4.49. The average Bonchev–Trinajstić information content (AvgIpc) is 2.86. The fourth-order valence-electron chi connectivity index (χ4n) is 2.31. The van der Waals surface area contributed by atoms with E-state index >= 15 is 0 Å². The van der Waals surface area contributed by atoms with Crippen LogP contribution in [-0.4, -0.2) is 22.9 Å². The first-order chi connectivity index (χ1) is 10.1. The van der Waals surface area contributed by atoms with Gasteiger partial charge in [-0.15, -0.1) is 0 Å². The monoisotopic (exact) mass is 349 g/mol. The molecule has 1 aromatic heterocycles. The van der Waals surface area contributed by atoms with E-state index < -0.39 is 0 Å². The zero-order chi connectivity index (χ0) is 15.2. The summed E-state index contributed by atoms with van der Waals surface area (Å²) in [6.07, 6.45) is 6.33. The average molecular weight is 350 g/mol. The summed E-state index contributed by atoms with van der Waals surface area (Å²) in [6, 6.07) is 6.27. The van der Waals surface area contributed by atoms with Crippen LogP contribution in [0.25, 0.3) is 5.69 Å². The number of hydrogen-bond donors (Lipinski definition) is 1. The van der Waals surface area contributed by atoms with Crippen molar-refractivity contribution >= 4 is 15.9 Å². The van der Waals surface area contributed by atoms with Crippen molar-refractivity contribution in [3.63, 3.8) is 0 Å². The Labute approximate surface area is 135 Å². The third-order valence-corrected chi connectivity index (χ3v) is 3.91. The van der Waals surface area contributed by atoms with Crippen LogP contribution in [-0.2, 0) is 6.42 Å². The van der Waals surface area contributed by atoms with E-state index in [0.29, 0.717) is 5.92 Å². The minimum absolute atomic E-state index is 0.716. The lowest BCUT2D eigenvalue weighted by molar-refractivity contribution is 0.543. The molecule has 1 N–H and O–H groups in total. The van der Waals surface area contributed by atoms with Gasteiger partial charge in [0.1, 0.15) is 0 Å². The molecular formula is C17H24BrN3. The molecule has 0 saturated carbocycles. The number of aryl methyl sites for hydroxylation is 2. The van der Waals surface area contributed by atoms with E-state index in [9.17, 15) is 0 Å². The number of rotatable bonds is 7. The molecule has 0 aliphatic carbocycles. The van der Waals surface area contributed by atoms with E-state index in [4.69, 9.17) is 0 Å². The molecule has 0 bridgehead atoms. The Morgan fingerprint density at radius 1 is 1.33 bits per heavy atom. The molecule has 0 amide bonds. The highest BCUT2D eigenvalue weighted by molar-refractivity contribution is 9.10. The van der Waals surface area contributed by atoms with Crippen molar-refractivity contribution < 1.29 is 0 Å². The molecule has 2 aromatic rings. The summed E-state index contributed by atoms with van der Waals surface area (Å²) in [5.74, 6) is 0.716. The number of halogens is 1. The van der Waals surface area contributed by atoms with Crippen molar-refractivity contribution in [2.45, 2.75) is 33.6 Å². The van der Waals surface area contributed by atoms with Crippen LogP contribution in [0.1, 0.15) is 31.4 Å². The van der Waals surface area contributed by atoms with Crippen LogP contribution in [0.15, 0.2) is 35.1 Å². The summed E-state index contributed by atoms with van der Waals surface area (Å²) in [7, 11) is 0. The van der Waals surface area contributed by atoms with Crippen LogP contribution >= 0.6 is 15.9 Å². The standard InChI is InChI=1S/C17H24BrN3/c1-13(2)10-19-8-4-5-15-11-20-21(12-15)17-7-6-16(18)9-14(17)3/h6-7,9,11-13,19H,4-5,8,10H2,1-3H3. The first-order valence-corrected chi connectivity index (χ1v) is 8.36. The molecule has 1 heterocycles.